The van der Waals surface area contributed by atoms with Gasteiger partial charge in [0.15, 0.2) is 0 Å². The number of carboxylic acids is 1. The van der Waals surface area contributed by atoms with Gasteiger partial charge in [-0.25, -0.2) is 14.6 Å². The van der Waals surface area contributed by atoms with Crippen molar-refractivity contribution >= 4 is 5.97 Å². The fourth-order valence-electron chi connectivity index (χ4n) is 3.95. The molecule has 1 fully saturated rings. The molecule has 3 heterocycles. The minimum absolute atomic E-state index is 0.130. The molecule has 34 heavy (non-hydrogen) atoms. The number of carboxylic acid groups (broad SMARTS) is 1. The highest BCUT2D eigenvalue weighted by atomic mass is 16.5. The van der Waals surface area contributed by atoms with E-state index in [1.54, 1.807) is 24.0 Å². The van der Waals surface area contributed by atoms with E-state index in [1.807, 2.05) is 26.0 Å². The summed E-state index contributed by atoms with van der Waals surface area (Å²) in [7, 11) is 1.78. The summed E-state index contributed by atoms with van der Waals surface area (Å²) in [5.74, 6) is -0.0310. The molecule has 1 saturated carbocycles. The predicted molar refractivity (Wildman–Crippen MR) is 121 cm³/mol. The normalized spacial score (nSPS) is 17.9. The van der Waals surface area contributed by atoms with E-state index in [0.717, 1.165) is 12.8 Å². The van der Waals surface area contributed by atoms with Crippen molar-refractivity contribution in [3.63, 3.8) is 0 Å². The number of aliphatic carboxylic acids is 1. The molecule has 0 amide bonds. The van der Waals surface area contributed by atoms with E-state index in [-0.39, 0.29) is 24.6 Å². The maximum Gasteiger partial charge on any atom is 0.320 e. The topological polar surface area (TPSA) is 134 Å². The van der Waals surface area contributed by atoms with E-state index in [1.165, 1.54) is 0 Å². The van der Waals surface area contributed by atoms with E-state index in [9.17, 15) is 9.90 Å². The number of pyridine rings is 1. The molecular weight excluding hydrogens is 440 g/mol. The zero-order valence-corrected chi connectivity index (χ0v) is 19.5. The number of carbonyl (C=O) groups is 1. The van der Waals surface area contributed by atoms with Gasteiger partial charge >= 0.3 is 12.0 Å². The van der Waals surface area contributed by atoms with Crippen molar-refractivity contribution in [2.45, 2.75) is 52.2 Å². The summed E-state index contributed by atoms with van der Waals surface area (Å²) in [5.41, 5.74) is 2.62. The second kappa shape index (κ2) is 10.4. The van der Waals surface area contributed by atoms with Crippen LogP contribution in [0.5, 0.6) is 17.6 Å². The zero-order valence-electron chi connectivity index (χ0n) is 19.5. The van der Waals surface area contributed by atoms with Crippen LogP contribution in [0, 0.1) is 12.8 Å². The molecular formula is C23H28N6O5. The van der Waals surface area contributed by atoms with Crippen LogP contribution >= 0.6 is 0 Å². The Morgan fingerprint density at radius 1 is 1.21 bits per heavy atom. The third-order valence-corrected chi connectivity index (χ3v) is 5.73. The van der Waals surface area contributed by atoms with Crippen LogP contribution in [0.3, 0.4) is 0 Å². The van der Waals surface area contributed by atoms with Gasteiger partial charge in [-0.3, -0.25) is 4.79 Å². The summed E-state index contributed by atoms with van der Waals surface area (Å²) in [6.07, 6.45) is 4.33. The van der Waals surface area contributed by atoms with Crippen molar-refractivity contribution in [1.29, 1.82) is 0 Å². The van der Waals surface area contributed by atoms with E-state index in [2.05, 4.69) is 25.3 Å². The molecule has 11 heteroatoms. The zero-order chi connectivity index (χ0) is 24.1. The fraction of sp³-hybridized carbons (Fsp3) is 0.478. The molecule has 0 radical (unpaired) electrons. The Hall–Kier alpha value is -3.76. The van der Waals surface area contributed by atoms with Gasteiger partial charge < -0.3 is 19.3 Å². The molecule has 0 bridgehead atoms. The van der Waals surface area contributed by atoms with E-state index in [4.69, 9.17) is 14.2 Å². The van der Waals surface area contributed by atoms with Crippen LogP contribution in [0.15, 0.2) is 24.4 Å². The Morgan fingerprint density at radius 3 is 2.82 bits per heavy atom. The summed E-state index contributed by atoms with van der Waals surface area (Å²) in [6.45, 7) is 4.38. The monoisotopic (exact) mass is 468 g/mol. The molecule has 1 aliphatic carbocycles. The molecule has 1 aliphatic rings. The Labute approximate surface area is 197 Å². The molecule has 11 nitrogen and oxygen atoms in total. The number of hydrogen-bond acceptors (Lipinski definition) is 9. The lowest BCUT2D eigenvalue weighted by atomic mass is 9.87. The van der Waals surface area contributed by atoms with Gasteiger partial charge in [-0.05, 0) is 51.7 Å². The average molecular weight is 469 g/mol. The summed E-state index contributed by atoms with van der Waals surface area (Å²) in [4.78, 5) is 24.3. The molecule has 1 N–H and O–H groups in total. The van der Waals surface area contributed by atoms with Gasteiger partial charge in [-0.2, -0.15) is 4.98 Å². The number of aromatic nitrogens is 6. The summed E-state index contributed by atoms with van der Waals surface area (Å²) < 4.78 is 18.9. The highest BCUT2D eigenvalue weighted by Crippen LogP contribution is 2.30. The third-order valence-electron chi connectivity index (χ3n) is 5.73. The summed E-state index contributed by atoms with van der Waals surface area (Å²) in [5, 5.41) is 17.7. The summed E-state index contributed by atoms with van der Waals surface area (Å²) in [6, 6.07) is 5.52. The second-order valence-corrected chi connectivity index (χ2v) is 8.13. The molecule has 3 aromatic heterocycles. The molecule has 180 valence electrons. The molecule has 0 aliphatic heterocycles. The fourth-order valence-corrected chi connectivity index (χ4v) is 3.95. The Kier molecular flexibility index (Phi) is 7.19. The first-order valence-electron chi connectivity index (χ1n) is 11.3. The number of rotatable bonds is 9. The van der Waals surface area contributed by atoms with Gasteiger partial charge in [0, 0.05) is 19.3 Å². The van der Waals surface area contributed by atoms with Gasteiger partial charge in [0.2, 0.25) is 5.88 Å². The van der Waals surface area contributed by atoms with Crippen LogP contribution in [0.25, 0.3) is 11.4 Å². The number of aryl methyl sites for hydroxylation is 2. The molecule has 0 aromatic carbocycles. The third kappa shape index (κ3) is 5.41. The molecule has 3 aromatic rings. The smallest absolute Gasteiger partial charge is 0.320 e. The van der Waals surface area contributed by atoms with Crippen molar-refractivity contribution < 1.29 is 24.1 Å². The standard InChI is InChI=1S/C23H28N6O5/c1-4-32-20-10-11-24-23(26-20)33-13-18-21(27-28-29(18)3)17-8-9-19(14(2)25-17)34-16-7-5-6-15(12-16)22(30)31/h8-11,15-16H,4-7,12-13H2,1-3H3,(H,30,31)/t15-,16-/m0/s1. The molecule has 2 atom stereocenters. The van der Waals surface area contributed by atoms with Crippen LogP contribution < -0.4 is 14.2 Å². The highest BCUT2D eigenvalue weighted by Gasteiger charge is 2.28. The minimum Gasteiger partial charge on any atom is -0.489 e. The maximum atomic E-state index is 11.3. The molecule has 0 unspecified atom stereocenters. The lowest BCUT2D eigenvalue weighted by molar-refractivity contribution is -0.143. The van der Waals surface area contributed by atoms with Crippen LogP contribution in [0.2, 0.25) is 0 Å². The quantitative estimate of drug-likeness (QED) is 0.499. The van der Waals surface area contributed by atoms with Crippen LogP contribution in [-0.2, 0) is 18.4 Å². The largest absolute Gasteiger partial charge is 0.489 e. The van der Waals surface area contributed by atoms with Crippen LogP contribution in [0.1, 0.15) is 44.0 Å². The van der Waals surface area contributed by atoms with Gasteiger partial charge in [-0.1, -0.05) is 5.21 Å². The van der Waals surface area contributed by atoms with Gasteiger partial charge in [-0.15, -0.1) is 5.10 Å². The number of hydrogen-bond donors (Lipinski definition) is 1. The molecule has 0 spiro atoms. The Balaban J connectivity index is 1.47. The average Bonchev–Trinajstić information content (AvgIpc) is 3.20. The van der Waals surface area contributed by atoms with Crippen molar-refractivity contribution in [1.82, 2.24) is 29.9 Å². The maximum absolute atomic E-state index is 11.3. The predicted octanol–water partition coefficient (Wildman–Crippen LogP) is 2.98. The van der Waals surface area contributed by atoms with Gasteiger partial charge in [0.05, 0.1) is 30.0 Å². The highest BCUT2D eigenvalue weighted by molar-refractivity contribution is 5.70. The first kappa shape index (κ1) is 23.4. The van der Waals surface area contributed by atoms with Crippen LogP contribution in [0.4, 0.5) is 0 Å². The van der Waals surface area contributed by atoms with Gasteiger partial charge in [0.25, 0.3) is 0 Å². The Bertz CT molecular complexity index is 1150. The first-order chi connectivity index (χ1) is 16.4. The number of nitrogens with zero attached hydrogens (tertiary/aromatic N) is 6. The van der Waals surface area contributed by atoms with Crippen molar-refractivity contribution in [2.75, 3.05) is 6.61 Å². The Morgan fingerprint density at radius 2 is 2.06 bits per heavy atom. The second-order valence-electron chi connectivity index (χ2n) is 8.13. The first-order valence-corrected chi connectivity index (χ1v) is 11.3. The SMILES string of the molecule is CCOc1ccnc(OCc2c(-c3ccc(O[C@H]4CCC[C@H](C(=O)O)C4)c(C)n3)nnn2C)n1. The van der Waals surface area contributed by atoms with Crippen molar-refractivity contribution in [3.8, 4) is 29.0 Å². The van der Waals surface area contributed by atoms with Crippen molar-refractivity contribution in [2.24, 2.45) is 13.0 Å². The number of ether oxygens (including phenoxy) is 3. The lowest BCUT2D eigenvalue weighted by Crippen LogP contribution is -2.29. The molecule has 4 rings (SSSR count). The molecule has 0 saturated heterocycles. The van der Waals surface area contributed by atoms with Crippen molar-refractivity contribution in [3.05, 3.63) is 35.8 Å². The van der Waals surface area contributed by atoms with Gasteiger partial charge in [0.1, 0.15) is 23.7 Å². The lowest BCUT2D eigenvalue weighted by Gasteiger charge is -2.27. The van der Waals surface area contributed by atoms with E-state index in [0.29, 0.717) is 53.9 Å². The van der Waals surface area contributed by atoms with Crippen LogP contribution in [-0.4, -0.2) is 53.7 Å². The van der Waals surface area contributed by atoms with E-state index >= 15 is 0 Å². The minimum atomic E-state index is -0.758. The summed E-state index contributed by atoms with van der Waals surface area (Å²) >= 11 is 0. The van der Waals surface area contributed by atoms with E-state index < -0.39 is 5.97 Å².